The molecule has 1 atom stereocenters. The number of aromatic amines is 1. The van der Waals surface area contributed by atoms with E-state index in [9.17, 15) is 0 Å². The molecular formula is C29H34N4. The highest BCUT2D eigenvalue weighted by Crippen LogP contribution is 2.32. The predicted octanol–water partition coefficient (Wildman–Crippen LogP) is 6.18. The van der Waals surface area contributed by atoms with Gasteiger partial charge in [-0.1, -0.05) is 78.9 Å². The van der Waals surface area contributed by atoms with Gasteiger partial charge in [-0.25, -0.2) is 0 Å². The van der Waals surface area contributed by atoms with E-state index in [0.29, 0.717) is 11.8 Å². The summed E-state index contributed by atoms with van der Waals surface area (Å²) in [6.07, 6.45) is 14.2. The minimum atomic E-state index is 0.506. The summed E-state index contributed by atoms with van der Waals surface area (Å²) in [5, 5.41) is 8.78. The molecule has 0 radical (unpaired) electrons. The number of likely N-dealkylation sites (tertiary alicyclic amines) is 1. The number of nitrogens with one attached hydrogen (secondary N) is 1. The Bertz CT molecular complexity index is 1060. The Labute approximate surface area is 197 Å². The van der Waals surface area contributed by atoms with Crippen molar-refractivity contribution in [3.63, 3.8) is 0 Å². The summed E-state index contributed by atoms with van der Waals surface area (Å²) in [6, 6.07) is 21.3. The molecule has 1 fully saturated rings. The zero-order valence-corrected chi connectivity index (χ0v) is 19.4. The maximum absolute atomic E-state index is 4.42. The summed E-state index contributed by atoms with van der Waals surface area (Å²) in [4.78, 5) is 6.10. The predicted molar refractivity (Wildman–Crippen MR) is 135 cm³/mol. The normalized spacial score (nSPS) is 18.2. The van der Waals surface area contributed by atoms with Gasteiger partial charge in [-0.2, -0.15) is 0 Å². The van der Waals surface area contributed by atoms with Crippen LogP contribution in [0.15, 0.2) is 84.5 Å². The van der Waals surface area contributed by atoms with Gasteiger partial charge in [0, 0.05) is 17.9 Å². The Hall–Kier alpha value is -2.98. The molecule has 1 aromatic heterocycles. The van der Waals surface area contributed by atoms with Gasteiger partial charge in [-0.15, -0.1) is 10.2 Å². The zero-order valence-electron chi connectivity index (χ0n) is 19.4. The van der Waals surface area contributed by atoms with Crippen LogP contribution in [0.2, 0.25) is 0 Å². The Kier molecular flexibility index (Phi) is 7.12. The lowest BCUT2D eigenvalue weighted by atomic mass is 9.85. The van der Waals surface area contributed by atoms with Crippen LogP contribution in [0.5, 0.6) is 0 Å². The van der Waals surface area contributed by atoms with Crippen LogP contribution in [-0.2, 0) is 6.42 Å². The molecule has 3 aromatic rings. The first-order chi connectivity index (χ1) is 16.3. The molecule has 1 saturated heterocycles. The van der Waals surface area contributed by atoms with Crippen molar-refractivity contribution in [1.82, 2.24) is 20.1 Å². The number of nitrogens with zero attached hydrogens (tertiary/aromatic N) is 3. The van der Waals surface area contributed by atoms with Gasteiger partial charge in [-0.05, 0) is 68.8 Å². The summed E-state index contributed by atoms with van der Waals surface area (Å²) in [6.45, 7) is 3.53. The van der Waals surface area contributed by atoms with E-state index >= 15 is 0 Å². The van der Waals surface area contributed by atoms with Crippen molar-refractivity contribution in [3.8, 4) is 11.4 Å². The number of hydrogen-bond acceptors (Lipinski definition) is 3. The second-order valence-corrected chi connectivity index (χ2v) is 9.41. The van der Waals surface area contributed by atoms with E-state index in [1.165, 1.54) is 56.3 Å². The van der Waals surface area contributed by atoms with Crippen molar-refractivity contribution >= 4 is 0 Å². The van der Waals surface area contributed by atoms with E-state index in [1.54, 1.807) is 0 Å². The average Bonchev–Trinajstić information content (AvgIpc) is 3.36. The smallest absolute Gasteiger partial charge is 0.161 e. The van der Waals surface area contributed by atoms with Crippen LogP contribution >= 0.6 is 0 Å². The maximum Gasteiger partial charge on any atom is 0.161 e. The van der Waals surface area contributed by atoms with Crippen LogP contribution in [-0.4, -0.2) is 39.7 Å². The third kappa shape index (κ3) is 5.69. The molecule has 1 aliphatic carbocycles. The number of allylic oxidation sites excluding steroid dienone is 4. The molecule has 4 nitrogen and oxygen atoms in total. The molecule has 0 saturated carbocycles. The van der Waals surface area contributed by atoms with Gasteiger partial charge < -0.3 is 9.88 Å². The fourth-order valence-corrected chi connectivity index (χ4v) is 5.22. The van der Waals surface area contributed by atoms with Crippen LogP contribution in [0.4, 0.5) is 0 Å². The summed E-state index contributed by atoms with van der Waals surface area (Å²) < 4.78 is 0. The van der Waals surface area contributed by atoms with Gasteiger partial charge in [0.25, 0.3) is 0 Å². The van der Waals surface area contributed by atoms with Gasteiger partial charge in [0.05, 0.1) is 0 Å². The highest BCUT2D eigenvalue weighted by molar-refractivity contribution is 5.53. The van der Waals surface area contributed by atoms with Crippen molar-refractivity contribution in [3.05, 3.63) is 95.9 Å². The van der Waals surface area contributed by atoms with E-state index in [1.807, 2.05) is 18.2 Å². The number of benzene rings is 2. The zero-order chi connectivity index (χ0) is 22.3. The number of H-pyrrole nitrogens is 1. The van der Waals surface area contributed by atoms with E-state index in [4.69, 9.17) is 0 Å². The molecule has 4 heteroatoms. The number of hydrogen-bond donors (Lipinski definition) is 1. The highest BCUT2D eigenvalue weighted by atomic mass is 15.2. The minimum absolute atomic E-state index is 0.506. The van der Waals surface area contributed by atoms with E-state index in [0.717, 1.165) is 30.2 Å². The Balaban J connectivity index is 1.13. The maximum atomic E-state index is 4.42. The summed E-state index contributed by atoms with van der Waals surface area (Å²) in [5.41, 5.74) is 4.05. The molecule has 0 spiro atoms. The summed E-state index contributed by atoms with van der Waals surface area (Å²) in [7, 11) is 0. The Morgan fingerprint density at radius 1 is 0.909 bits per heavy atom. The Morgan fingerprint density at radius 2 is 1.67 bits per heavy atom. The van der Waals surface area contributed by atoms with Crippen LogP contribution < -0.4 is 0 Å². The quantitative estimate of drug-likeness (QED) is 0.457. The van der Waals surface area contributed by atoms with E-state index < -0.39 is 0 Å². The number of aromatic nitrogens is 3. The molecule has 2 heterocycles. The molecule has 1 aliphatic heterocycles. The highest BCUT2D eigenvalue weighted by Gasteiger charge is 2.23. The third-order valence-corrected chi connectivity index (χ3v) is 7.13. The molecule has 1 unspecified atom stereocenters. The van der Waals surface area contributed by atoms with Crippen molar-refractivity contribution in [2.75, 3.05) is 19.6 Å². The lowest BCUT2D eigenvalue weighted by Gasteiger charge is -2.33. The standard InChI is InChI=1S/C29H34N4/c1-4-10-24(11-5-1)27(25-12-6-2-7-13-25)18-21-33-19-16-23(17-20-33)22-28-30-29(32-31-28)26-14-8-3-9-15-26/h1,3-6,8-15,23,27H,2,7,16-22H2,(H,30,31,32). The topological polar surface area (TPSA) is 44.8 Å². The van der Waals surface area contributed by atoms with Crippen molar-refractivity contribution < 1.29 is 0 Å². The molecule has 33 heavy (non-hydrogen) atoms. The van der Waals surface area contributed by atoms with Crippen LogP contribution in [0.3, 0.4) is 0 Å². The number of rotatable bonds is 8. The van der Waals surface area contributed by atoms with Gasteiger partial charge in [0.1, 0.15) is 5.82 Å². The molecule has 1 N–H and O–H groups in total. The SMILES string of the molecule is C1=CC(C(CCN2CCC(Cc3nnc(-c4ccccc4)[nH]3)CC2)c2ccccc2)=CCC1. The third-order valence-electron chi connectivity index (χ3n) is 7.13. The first kappa shape index (κ1) is 21.8. The largest absolute Gasteiger partial charge is 0.325 e. The van der Waals surface area contributed by atoms with Crippen molar-refractivity contribution in [2.24, 2.45) is 5.92 Å². The molecule has 170 valence electrons. The summed E-state index contributed by atoms with van der Waals surface area (Å²) in [5.74, 6) is 3.09. The van der Waals surface area contributed by atoms with Crippen LogP contribution in [0, 0.1) is 5.92 Å². The monoisotopic (exact) mass is 438 g/mol. The summed E-state index contributed by atoms with van der Waals surface area (Å²) >= 11 is 0. The van der Waals surface area contributed by atoms with E-state index in [2.05, 4.69) is 80.8 Å². The molecule has 2 aliphatic rings. The van der Waals surface area contributed by atoms with Crippen molar-refractivity contribution in [1.29, 1.82) is 0 Å². The van der Waals surface area contributed by atoms with Gasteiger partial charge in [-0.3, -0.25) is 0 Å². The average molecular weight is 439 g/mol. The molecule has 2 aromatic carbocycles. The minimum Gasteiger partial charge on any atom is -0.325 e. The Morgan fingerprint density at radius 3 is 2.39 bits per heavy atom. The molecule has 0 amide bonds. The second-order valence-electron chi connectivity index (χ2n) is 9.41. The van der Waals surface area contributed by atoms with Gasteiger partial charge in [0.15, 0.2) is 5.82 Å². The fourth-order valence-electron chi connectivity index (χ4n) is 5.22. The molecule has 0 bridgehead atoms. The first-order valence-electron chi connectivity index (χ1n) is 12.5. The van der Waals surface area contributed by atoms with Gasteiger partial charge >= 0.3 is 0 Å². The molecular weight excluding hydrogens is 404 g/mol. The lowest BCUT2D eigenvalue weighted by molar-refractivity contribution is 0.179. The fraction of sp³-hybridized carbons (Fsp3) is 0.379. The first-order valence-corrected chi connectivity index (χ1v) is 12.5. The lowest BCUT2D eigenvalue weighted by Crippen LogP contribution is -2.35. The molecule has 5 rings (SSSR count). The second kappa shape index (κ2) is 10.8. The van der Waals surface area contributed by atoms with Crippen LogP contribution in [0.1, 0.15) is 49.4 Å². The number of piperidine rings is 1. The van der Waals surface area contributed by atoms with Crippen LogP contribution in [0.25, 0.3) is 11.4 Å². The van der Waals surface area contributed by atoms with Crippen molar-refractivity contribution in [2.45, 2.75) is 44.4 Å². The van der Waals surface area contributed by atoms with E-state index in [-0.39, 0.29) is 0 Å². The van der Waals surface area contributed by atoms with Gasteiger partial charge in [0.2, 0.25) is 0 Å².